The monoisotopic (exact) mass is 234 g/mol. The molecule has 0 unspecified atom stereocenters. The van der Waals surface area contributed by atoms with Crippen LogP contribution >= 0.6 is 0 Å². The fourth-order valence-corrected chi connectivity index (χ4v) is 2.18. The molecule has 1 aliphatic carbocycles. The molecule has 2 aromatic rings. The van der Waals surface area contributed by atoms with Gasteiger partial charge < -0.3 is 0 Å². The van der Waals surface area contributed by atoms with Crippen molar-refractivity contribution in [3.8, 4) is 0 Å². The molecule has 3 rings (SSSR count). The Kier molecular flexibility index (Phi) is 2.41. The summed E-state index contributed by atoms with van der Waals surface area (Å²) in [5.74, 6) is -0.0999. The van der Waals surface area contributed by atoms with Crippen LogP contribution in [0.15, 0.2) is 65.5 Å². The van der Waals surface area contributed by atoms with Gasteiger partial charge in [-0.15, -0.1) is 0 Å². The van der Waals surface area contributed by atoms with Crippen molar-refractivity contribution in [3.05, 3.63) is 87.6 Å². The smallest absolute Gasteiger partial charge is 0.187 e. The number of carbonyl (C=O) groups excluding carboxylic acids is 1. The summed E-state index contributed by atoms with van der Waals surface area (Å²) in [7, 11) is 0. The standard InChI is InChI=1S/C16H10O2/c17-12-7-4-8-13-14(10-16(18)15(13)9-12)11-5-2-1-3-6-11/h1-10H. The van der Waals surface area contributed by atoms with E-state index in [0.717, 1.165) is 16.7 Å². The van der Waals surface area contributed by atoms with Gasteiger partial charge in [0.15, 0.2) is 11.2 Å². The second-order valence-electron chi connectivity index (χ2n) is 4.19. The van der Waals surface area contributed by atoms with Gasteiger partial charge in [0, 0.05) is 5.56 Å². The molecule has 0 N–H and O–H groups in total. The summed E-state index contributed by atoms with van der Waals surface area (Å²) in [5.41, 5.74) is 3.04. The lowest BCUT2D eigenvalue weighted by Gasteiger charge is -2.02. The van der Waals surface area contributed by atoms with Crippen molar-refractivity contribution in [1.29, 1.82) is 0 Å². The number of hydrogen-bond donors (Lipinski definition) is 0. The third kappa shape index (κ3) is 1.68. The SMILES string of the molecule is O=C1C=C(c2ccccc2)c2cccc(=O)cc21. The molecule has 0 aliphatic heterocycles. The average Bonchev–Trinajstić information content (AvgIpc) is 2.58. The lowest BCUT2D eigenvalue weighted by Crippen LogP contribution is -1.97. The molecule has 2 aromatic carbocycles. The van der Waals surface area contributed by atoms with Gasteiger partial charge in [-0.25, -0.2) is 0 Å². The Hall–Kier alpha value is -2.48. The van der Waals surface area contributed by atoms with Crippen LogP contribution in [0.1, 0.15) is 21.5 Å². The Balaban J connectivity index is 2.25. The molecule has 2 nitrogen and oxygen atoms in total. The van der Waals surface area contributed by atoms with Gasteiger partial charge in [0.1, 0.15) is 0 Å². The molecule has 0 radical (unpaired) electrons. The number of benzene rings is 1. The summed E-state index contributed by atoms with van der Waals surface area (Å²) < 4.78 is 0. The summed E-state index contributed by atoms with van der Waals surface area (Å²) >= 11 is 0. The van der Waals surface area contributed by atoms with Crippen LogP contribution in [0.25, 0.3) is 5.57 Å². The molecule has 0 saturated carbocycles. The maximum atomic E-state index is 11.9. The average molecular weight is 234 g/mol. The molecule has 18 heavy (non-hydrogen) atoms. The van der Waals surface area contributed by atoms with E-state index < -0.39 is 0 Å². The van der Waals surface area contributed by atoms with E-state index in [9.17, 15) is 9.59 Å². The van der Waals surface area contributed by atoms with Crippen molar-refractivity contribution in [2.45, 2.75) is 0 Å². The van der Waals surface area contributed by atoms with Gasteiger partial charge in [0.2, 0.25) is 0 Å². The first-order valence-corrected chi connectivity index (χ1v) is 5.72. The minimum Gasteiger partial charge on any atom is -0.290 e. The van der Waals surface area contributed by atoms with Gasteiger partial charge in [-0.05, 0) is 34.9 Å². The Bertz CT molecular complexity index is 713. The Morgan fingerprint density at radius 3 is 2.28 bits per heavy atom. The van der Waals surface area contributed by atoms with E-state index in [1.807, 2.05) is 36.4 Å². The molecular formula is C16H10O2. The molecule has 0 saturated heterocycles. The highest BCUT2D eigenvalue weighted by Crippen LogP contribution is 2.31. The molecule has 86 valence electrons. The summed E-state index contributed by atoms with van der Waals surface area (Å²) in [6, 6.07) is 16.1. The van der Waals surface area contributed by atoms with Gasteiger partial charge in [-0.3, -0.25) is 9.59 Å². The number of rotatable bonds is 1. The fraction of sp³-hybridized carbons (Fsp3) is 0. The first-order valence-electron chi connectivity index (χ1n) is 5.72. The summed E-state index contributed by atoms with van der Waals surface area (Å²) in [6.45, 7) is 0. The van der Waals surface area contributed by atoms with Crippen molar-refractivity contribution in [1.82, 2.24) is 0 Å². The maximum absolute atomic E-state index is 11.9. The normalized spacial score (nSPS) is 13.1. The second kappa shape index (κ2) is 4.08. The van der Waals surface area contributed by atoms with Gasteiger partial charge in [-0.2, -0.15) is 0 Å². The van der Waals surface area contributed by atoms with Crippen LogP contribution in [0.2, 0.25) is 0 Å². The van der Waals surface area contributed by atoms with Crippen LogP contribution in [0, 0.1) is 0 Å². The third-order valence-corrected chi connectivity index (χ3v) is 3.02. The number of fused-ring (bicyclic) bond motifs is 1. The van der Waals surface area contributed by atoms with E-state index in [1.54, 1.807) is 12.1 Å². The zero-order chi connectivity index (χ0) is 12.5. The third-order valence-electron chi connectivity index (χ3n) is 3.02. The largest absolute Gasteiger partial charge is 0.290 e. The Morgan fingerprint density at radius 2 is 1.50 bits per heavy atom. The molecule has 0 amide bonds. The lowest BCUT2D eigenvalue weighted by atomic mass is 10.0. The van der Waals surface area contributed by atoms with Crippen LogP contribution in [-0.2, 0) is 0 Å². The predicted molar refractivity (Wildman–Crippen MR) is 70.6 cm³/mol. The molecule has 0 aromatic heterocycles. The van der Waals surface area contributed by atoms with Crippen molar-refractivity contribution < 1.29 is 4.79 Å². The van der Waals surface area contributed by atoms with Crippen LogP contribution in [0.5, 0.6) is 0 Å². The lowest BCUT2D eigenvalue weighted by molar-refractivity contribution is 0.105. The maximum Gasteiger partial charge on any atom is 0.187 e. The van der Waals surface area contributed by atoms with Crippen LogP contribution < -0.4 is 5.43 Å². The highest BCUT2D eigenvalue weighted by molar-refractivity contribution is 6.18. The van der Waals surface area contributed by atoms with E-state index >= 15 is 0 Å². The van der Waals surface area contributed by atoms with Crippen LogP contribution in [0.4, 0.5) is 0 Å². The van der Waals surface area contributed by atoms with Crippen LogP contribution in [0.3, 0.4) is 0 Å². The highest BCUT2D eigenvalue weighted by atomic mass is 16.1. The number of ketones is 1. The van der Waals surface area contributed by atoms with Gasteiger partial charge >= 0.3 is 0 Å². The molecule has 0 fully saturated rings. The molecule has 2 heteroatoms. The molecule has 0 bridgehead atoms. The molecule has 0 heterocycles. The Labute approximate surface area is 104 Å². The van der Waals surface area contributed by atoms with Crippen molar-refractivity contribution >= 4 is 11.4 Å². The van der Waals surface area contributed by atoms with E-state index in [1.165, 1.54) is 12.1 Å². The first-order chi connectivity index (χ1) is 8.75. The molecule has 0 atom stereocenters. The summed E-state index contributed by atoms with van der Waals surface area (Å²) in [5, 5.41) is 0. The zero-order valence-corrected chi connectivity index (χ0v) is 9.59. The van der Waals surface area contributed by atoms with Gasteiger partial charge in [0.25, 0.3) is 0 Å². The molecule has 0 spiro atoms. The van der Waals surface area contributed by atoms with E-state index in [4.69, 9.17) is 0 Å². The molecular weight excluding hydrogens is 224 g/mol. The minimum atomic E-state index is -0.146. The number of allylic oxidation sites excluding steroid dienone is 1. The number of carbonyl (C=O) groups is 1. The van der Waals surface area contributed by atoms with Crippen molar-refractivity contribution in [2.75, 3.05) is 0 Å². The zero-order valence-electron chi connectivity index (χ0n) is 9.59. The van der Waals surface area contributed by atoms with E-state index in [0.29, 0.717) is 5.56 Å². The quantitative estimate of drug-likeness (QED) is 0.760. The van der Waals surface area contributed by atoms with Gasteiger partial charge in [0.05, 0.1) is 0 Å². The molecule has 1 aliphatic rings. The predicted octanol–water partition coefficient (Wildman–Crippen LogP) is 2.67. The minimum absolute atomic E-state index is 0.0999. The van der Waals surface area contributed by atoms with E-state index in [-0.39, 0.29) is 11.2 Å². The number of hydrogen-bond acceptors (Lipinski definition) is 2. The highest BCUT2D eigenvalue weighted by Gasteiger charge is 2.21. The van der Waals surface area contributed by atoms with E-state index in [2.05, 4.69) is 0 Å². The summed E-state index contributed by atoms with van der Waals surface area (Å²) in [6.07, 6.45) is 1.60. The Morgan fingerprint density at radius 1 is 0.722 bits per heavy atom. The van der Waals surface area contributed by atoms with Crippen molar-refractivity contribution in [2.24, 2.45) is 0 Å². The van der Waals surface area contributed by atoms with Crippen LogP contribution in [-0.4, -0.2) is 5.78 Å². The topological polar surface area (TPSA) is 34.1 Å². The van der Waals surface area contributed by atoms with Gasteiger partial charge in [-0.1, -0.05) is 42.5 Å². The summed E-state index contributed by atoms with van der Waals surface area (Å²) in [4.78, 5) is 23.4. The first kappa shape index (κ1) is 10.7. The van der Waals surface area contributed by atoms with Crippen molar-refractivity contribution in [3.63, 3.8) is 0 Å². The second-order valence-corrected chi connectivity index (χ2v) is 4.19. The fourth-order valence-electron chi connectivity index (χ4n) is 2.18.